The number of benzene rings is 1. The second-order valence-electron chi connectivity index (χ2n) is 3.85. The van der Waals surface area contributed by atoms with Gasteiger partial charge in [-0.3, -0.25) is 4.79 Å². The molecule has 2 heteroatoms. The van der Waals surface area contributed by atoms with Crippen LogP contribution in [0.4, 0.5) is 0 Å². The number of aliphatic hydroxyl groups excluding tert-OH is 1. The molecule has 0 radical (unpaired) electrons. The number of aliphatic hydroxyl groups is 1. The van der Waals surface area contributed by atoms with Crippen molar-refractivity contribution in [2.45, 2.75) is 32.3 Å². The van der Waals surface area contributed by atoms with Crippen molar-refractivity contribution in [1.82, 2.24) is 0 Å². The van der Waals surface area contributed by atoms with Gasteiger partial charge in [0, 0.05) is 6.42 Å². The van der Waals surface area contributed by atoms with Crippen molar-refractivity contribution in [3.05, 3.63) is 48.0 Å². The van der Waals surface area contributed by atoms with Gasteiger partial charge in [0.1, 0.15) is 0 Å². The topological polar surface area (TPSA) is 37.3 Å². The van der Waals surface area contributed by atoms with Crippen LogP contribution in [0.2, 0.25) is 0 Å². The molecule has 1 unspecified atom stereocenters. The lowest BCUT2D eigenvalue weighted by molar-refractivity contribution is -0.116. The Hall–Kier alpha value is -1.41. The van der Waals surface area contributed by atoms with Gasteiger partial charge in [-0.15, -0.1) is 0 Å². The number of allylic oxidation sites excluding steroid dienone is 2. The molecule has 1 aromatic carbocycles. The lowest BCUT2D eigenvalue weighted by Gasteiger charge is -2.08. The van der Waals surface area contributed by atoms with E-state index in [1.807, 2.05) is 30.3 Å². The van der Waals surface area contributed by atoms with Crippen LogP contribution in [-0.2, 0) is 11.2 Å². The zero-order valence-corrected chi connectivity index (χ0v) is 9.60. The predicted octanol–water partition coefficient (Wildman–Crippen LogP) is 2.52. The van der Waals surface area contributed by atoms with Gasteiger partial charge < -0.3 is 5.11 Å². The van der Waals surface area contributed by atoms with Crippen LogP contribution in [0.25, 0.3) is 0 Å². The number of hydrogen-bond acceptors (Lipinski definition) is 2. The standard InChI is InChI=1S/C14H18O2/c1-2-6-13(15)11-14(16)10-9-12-7-4-3-5-8-12/h2-8,14,16H,9-11H2,1H3/b6-2+. The van der Waals surface area contributed by atoms with Gasteiger partial charge in [0.15, 0.2) is 5.78 Å². The molecule has 0 amide bonds. The molecular weight excluding hydrogens is 200 g/mol. The van der Waals surface area contributed by atoms with Crippen molar-refractivity contribution < 1.29 is 9.90 Å². The third-order valence-corrected chi connectivity index (χ3v) is 2.40. The van der Waals surface area contributed by atoms with Crippen LogP contribution in [0.15, 0.2) is 42.5 Å². The summed E-state index contributed by atoms with van der Waals surface area (Å²) in [7, 11) is 0. The quantitative estimate of drug-likeness (QED) is 0.745. The van der Waals surface area contributed by atoms with Gasteiger partial charge in [-0.2, -0.15) is 0 Å². The van der Waals surface area contributed by atoms with Crippen molar-refractivity contribution in [3.63, 3.8) is 0 Å². The fraction of sp³-hybridized carbons (Fsp3) is 0.357. The fourth-order valence-corrected chi connectivity index (χ4v) is 1.57. The molecule has 16 heavy (non-hydrogen) atoms. The minimum absolute atomic E-state index is 0.0111. The average Bonchev–Trinajstić information content (AvgIpc) is 2.28. The molecule has 86 valence electrons. The second kappa shape index (κ2) is 6.96. The van der Waals surface area contributed by atoms with E-state index in [1.54, 1.807) is 13.0 Å². The van der Waals surface area contributed by atoms with Gasteiger partial charge in [-0.1, -0.05) is 36.4 Å². The van der Waals surface area contributed by atoms with Crippen molar-refractivity contribution >= 4 is 5.78 Å². The van der Waals surface area contributed by atoms with E-state index in [2.05, 4.69) is 0 Å². The summed E-state index contributed by atoms with van der Waals surface area (Å²) in [5.41, 5.74) is 1.19. The highest BCUT2D eigenvalue weighted by Gasteiger charge is 2.08. The van der Waals surface area contributed by atoms with Crippen LogP contribution in [0.1, 0.15) is 25.3 Å². The minimum Gasteiger partial charge on any atom is -0.393 e. The summed E-state index contributed by atoms with van der Waals surface area (Å²) in [6, 6.07) is 9.98. The van der Waals surface area contributed by atoms with Crippen LogP contribution in [0.3, 0.4) is 0 Å². The van der Waals surface area contributed by atoms with E-state index in [4.69, 9.17) is 0 Å². The smallest absolute Gasteiger partial charge is 0.157 e. The highest BCUT2D eigenvalue weighted by atomic mass is 16.3. The number of carbonyl (C=O) groups is 1. The summed E-state index contributed by atoms with van der Waals surface area (Å²) in [6.45, 7) is 1.80. The Bertz CT molecular complexity index is 341. The van der Waals surface area contributed by atoms with E-state index in [-0.39, 0.29) is 12.2 Å². The molecule has 0 fully saturated rings. The first kappa shape index (κ1) is 12.7. The third-order valence-electron chi connectivity index (χ3n) is 2.40. The van der Waals surface area contributed by atoms with Gasteiger partial charge in [0.05, 0.1) is 6.10 Å². The lowest BCUT2D eigenvalue weighted by atomic mass is 10.0. The third kappa shape index (κ3) is 4.89. The molecule has 2 nitrogen and oxygen atoms in total. The first-order valence-electron chi connectivity index (χ1n) is 5.60. The largest absolute Gasteiger partial charge is 0.393 e. The van der Waals surface area contributed by atoms with Gasteiger partial charge in [-0.05, 0) is 31.4 Å². The van der Waals surface area contributed by atoms with E-state index >= 15 is 0 Å². The molecule has 0 bridgehead atoms. The molecule has 0 spiro atoms. The Labute approximate surface area is 96.6 Å². The summed E-state index contributed by atoms with van der Waals surface area (Å²) >= 11 is 0. The van der Waals surface area contributed by atoms with E-state index < -0.39 is 6.10 Å². The Morgan fingerprint density at radius 2 is 2.06 bits per heavy atom. The molecule has 0 aliphatic rings. The first-order valence-corrected chi connectivity index (χ1v) is 5.60. The highest BCUT2D eigenvalue weighted by molar-refractivity contribution is 5.89. The summed E-state index contributed by atoms with van der Waals surface area (Å²) in [5, 5.41) is 9.65. The molecule has 0 aliphatic heterocycles. The number of aryl methyl sites for hydroxylation is 1. The van der Waals surface area contributed by atoms with Crippen molar-refractivity contribution in [2.24, 2.45) is 0 Å². The summed E-state index contributed by atoms with van der Waals surface area (Å²) in [5.74, 6) is -0.0111. The van der Waals surface area contributed by atoms with Crippen LogP contribution in [-0.4, -0.2) is 17.0 Å². The maximum absolute atomic E-state index is 11.2. The zero-order valence-electron chi connectivity index (χ0n) is 9.60. The minimum atomic E-state index is -0.538. The Balaban J connectivity index is 2.30. The van der Waals surface area contributed by atoms with Crippen LogP contribution < -0.4 is 0 Å². The molecule has 1 atom stereocenters. The maximum atomic E-state index is 11.2. The van der Waals surface area contributed by atoms with Crippen molar-refractivity contribution in [3.8, 4) is 0 Å². The molecule has 1 N–H and O–H groups in total. The molecular formula is C14H18O2. The van der Waals surface area contributed by atoms with Gasteiger partial charge in [0.25, 0.3) is 0 Å². The van der Waals surface area contributed by atoms with Crippen LogP contribution >= 0.6 is 0 Å². The highest BCUT2D eigenvalue weighted by Crippen LogP contribution is 2.07. The molecule has 0 saturated heterocycles. The van der Waals surface area contributed by atoms with Crippen molar-refractivity contribution in [2.75, 3.05) is 0 Å². The van der Waals surface area contributed by atoms with Gasteiger partial charge >= 0.3 is 0 Å². The Morgan fingerprint density at radius 1 is 1.38 bits per heavy atom. The normalized spacial score (nSPS) is 12.9. The van der Waals surface area contributed by atoms with E-state index in [9.17, 15) is 9.90 Å². The maximum Gasteiger partial charge on any atom is 0.157 e. The summed E-state index contributed by atoms with van der Waals surface area (Å²) in [6.07, 6.45) is 4.33. The van der Waals surface area contributed by atoms with Crippen LogP contribution in [0, 0.1) is 0 Å². The van der Waals surface area contributed by atoms with Crippen LogP contribution in [0.5, 0.6) is 0 Å². The number of rotatable bonds is 6. The first-order chi connectivity index (χ1) is 7.72. The molecule has 0 saturated carbocycles. The van der Waals surface area contributed by atoms with E-state index in [1.165, 1.54) is 11.6 Å². The van der Waals surface area contributed by atoms with Gasteiger partial charge in [-0.25, -0.2) is 0 Å². The monoisotopic (exact) mass is 218 g/mol. The summed E-state index contributed by atoms with van der Waals surface area (Å²) < 4.78 is 0. The SMILES string of the molecule is C/C=C/C(=O)CC(O)CCc1ccccc1. The fourth-order valence-electron chi connectivity index (χ4n) is 1.57. The number of ketones is 1. The lowest BCUT2D eigenvalue weighted by Crippen LogP contribution is -2.12. The zero-order chi connectivity index (χ0) is 11.8. The summed E-state index contributed by atoms with van der Waals surface area (Å²) in [4.78, 5) is 11.2. The second-order valence-corrected chi connectivity index (χ2v) is 3.85. The van der Waals surface area contributed by atoms with E-state index in [0.717, 1.165) is 6.42 Å². The molecule has 0 heterocycles. The molecule has 0 aromatic heterocycles. The van der Waals surface area contributed by atoms with E-state index in [0.29, 0.717) is 6.42 Å². The molecule has 0 aliphatic carbocycles. The Morgan fingerprint density at radius 3 is 2.69 bits per heavy atom. The number of carbonyl (C=O) groups excluding carboxylic acids is 1. The molecule has 1 rings (SSSR count). The Kier molecular flexibility index (Phi) is 5.51. The van der Waals surface area contributed by atoms with Gasteiger partial charge in [0.2, 0.25) is 0 Å². The van der Waals surface area contributed by atoms with Crippen molar-refractivity contribution in [1.29, 1.82) is 0 Å². The predicted molar refractivity (Wildman–Crippen MR) is 65.2 cm³/mol. The average molecular weight is 218 g/mol. The molecule has 1 aromatic rings. The number of hydrogen-bond donors (Lipinski definition) is 1.